The molecule has 74 valence electrons. The minimum absolute atomic E-state index is 0.156. The largest absolute Gasteiger partial charge is 0.244 e. The molecule has 3 heteroatoms. The molecule has 0 aliphatic heterocycles. The average Bonchev–Trinajstić information content (AvgIpc) is 2.10. The molecule has 3 atom stereocenters. The van der Waals surface area contributed by atoms with E-state index < -0.39 is 12.1 Å². The van der Waals surface area contributed by atoms with Crippen molar-refractivity contribution < 1.29 is 8.78 Å². The Bertz CT molecular complexity index is 86.5. The Hall–Kier alpha value is 0.290. The van der Waals surface area contributed by atoms with Gasteiger partial charge in [-0.3, -0.25) is 0 Å². The maximum Gasteiger partial charge on any atom is 0.147 e. The van der Waals surface area contributed by atoms with E-state index >= 15 is 0 Å². The van der Waals surface area contributed by atoms with Crippen LogP contribution >= 0.6 is 8.58 Å². The van der Waals surface area contributed by atoms with Crippen molar-refractivity contribution >= 4 is 8.58 Å². The number of unbranched alkanes of at least 4 members (excludes halogenated alkanes) is 1. The lowest BCUT2D eigenvalue weighted by Crippen LogP contribution is -2.12. The quantitative estimate of drug-likeness (QED) is 0.542. The van der Waals surface area contributed by atoms with Crippen molar-refractivity contribution in [2.45, 2.75) is 51.6 Å². The molecule has 0 aliphatic rings. The van der Waals surface area contributed by atoms with Crippen LogP contribution in [0, 0.1) is 0 Å². The van der Waals surface area contributed by atoms with Crippen molar-refractivity contribution in [2.24, 2.45) is 0 Å². The highest BCUT2D eigenvalue weighted by Crippen LogP contribution is 2.28. The average molecular weight is 196 g/mol. The number of alkyl halides is 2. The van der Waals surface area contributed by atoms with Gasteiger partial charge >= 0.3 is 0 Å². The third kappa shape index (κ3) is 5.88. The predicted molar refractivity (Wildman–Crippen MR) is 52.8 cm³/mol. The molecule has 0 N–H and O–H groups in total. The summed E-state index contributed by atoms with van der Waals surface area (Å²) in [6, 6.07) is 0. The van der Waals surface area contributed by atoms with E-state index in [-0.39, 0.29) is 8.58 Å². The van der Waals surface area contributed by atoms with Gasteiger partial charge in [-0.25, -0.2) is 8.78 Å². The summed E-state index contributed by atoms with van der Waals surface area (Å²) >= 11 is 0. The van der Waals surface area contributed by atoms with Crippen LogP contribution in [0.1, 0.15) is 39.5 Å². The Morgan fingerprint density at radius 3 is 2.33 bits per heavy atom. The molecule has 0 aromatic carbocycles. The van der Waals surface area contributed by atoms with Crippen LogP contribution in [0.3, 0.4) is 0 Å². The van der Waals surface area contributed by atoms with Crippen LogP contribution in [-0.4, -0.2) is 18.2 Å². The summed E-state index contributed by atoms with van der Waals surface area (Å²) in [5.74, 6) is -1.20. The monoisotopic (exact) mass is 196 g/mol. The highest BCUT2D eigenvalue weighted by molar-refractivity contribution is 7.38. The molecule has 0 heterocycles. The van der Waals surface area contributed by atoms with Crippen molar-refractivity contribution in [2.75, 3.05) is 6.16 Å². The lowest BCUT2D eigenvalue weighted by molar-refractivity contribution is 0.217. The number of rotatable bonds is 7. The summed E-state index contributed by atoms with van der Waals surface area (Å²) in [4.78, 5) is 0. The number of hydrogen-bond acceptors (Lipinski definition) is 0. The fraction of sp³-hybridized carbons (Fsp3) is 1.00. The second-order valence-electron chi connectivity index (χ2n) is 3.01. The Balaban J connectivity index is 3.39. The Labute approximate surface area is 75.9 Å². The van der Waals surface area contributed by atoms with Gasteiger partial charge in [0.1, 0.15) is 12.1 Å². The Kier molecular flexibility index (Phi) is 8.11. The van der Waals surface area contributed by atoms with Crippen molar-refractivity contribution in [3.8, 4) is 0 Å². The van der Waals surface area contributed by atoms with E-state index in [4.69, 9.17) is 0 Å². The normalized spacial score (nSPS) is 17.0. The predicted octanol–water partition coefficient (Wildman–Crippen LogP) is 3.90. The second kappa shape index (κ2) is 7.91. The van der Waals surface area contributed by atoms with Gasteiger partial charge in [0.25, 0.3) is 0 Å². The van der Waals surface area contributed by atoms with E-state index in [9.17, 15) is 8.78 Å². The Morgan fingerprint density at radius 2 is 1.83 bits per heavy atom. The van der Waals surface area contributed by atoms with Gasteiger partial charge in [-0.2, -0.15) is 0 Å². The molecule has 3 unspecified atom stereocenters. The molecule has 12 heavy (non-hydrogen) atoms. The third-order valence-electron chi connectivity index (χ3n) is 1.74. The van der Waals surface area contributed by atoms with Crippen molar-refractivity contribution in [3.63, 3.8) is 0 Å². The zero-order chi connectivity index (χ0) is 9.40. The van der Waals surface area contributed by atoms with Crippen LogP contribution in [0.4, 0.5) is 8.78 Å². The van der Waals surface area contributed by atoms with Crippen molar-refractivity contribution in [1.82, 2.24) is 0 Å². The summed E-state index contributed by atoms with van der Waals surface area (Å²) in [5, 5.41) is 0. The van der Waals surface area contributed by atoms with E-state index in [2.05, 4.69) is 0 Å². The maximum atomic E-state index is 12.9. The van der Waals surface area contributed by atoms with E-state index in [0.29, 0.717) is 6.42 Å². The van der Waals surface area contributed by atoms with E-state index in [0.717, 1.165) is 25.4 Å². The van der Waals surface area contributed by atoms with Crippen molar-refractivity contribution in [1.29, 1.82) is 0 Å². The zero-order valence-electron chi connectivity index (χ0n) is 7.95. The Morgan fingerprint density at radius 1 is 1.17 bits per heavy atom. The maximum absolute atomic E-state index is 12.9. The molecule has 0 nitrogen and oxygen atoms in total. The molecular weight excluding hydrogens is 177 g/mol. The SMILES string of the molecule is CCCCC(F)C(F)PCCC. The van der Waals surface area contributed by atoms with Gasteiger partial charge in [-0.05, 0) is 12.6 Å². The fourth-order valence-electron chi connectivity index (χ4n) is 0.956. The molecule has 0 aromatic rings. The summed E-state index contributed by atoms with van der Waals surface area (Å²) in [5.41, 5.74) is 0. The lowest BCUT2D eigenvalue weighted by Gasteiger charge is -2.12. The molecule has 0 fully saturated rings. The molecule has 0 rings (SSSR count). The molecule has 0 amide bonds. The van der Waals surface area contributed by atoms with Crippen LogP contribution in [0.2, 0.25) is 0 Å². The highest BCUT2D eigenvalue weighted by atomic mass is 31.1. The standard InChI is InChI=1S/C9H19F2P/c1-3-5-6-8(10)9(11)12-7-4-2/h8-9,12H,3-7H2,1-2H3. The van der Waals surface area contributed by atoms with Crippen LogP contribution in [0.25, 0.3) is 0 Å². The van der Waals surface area contributed by atoms with Gasteiger partial charge in [0.15, 0.2) is 0 Å². The van der Waals surface area contributed by atoms with E-state index in [1.807, 2.05) is 13.8 Å². The van der Waals surface area contributed by atoms with Gasteiger partial charge in [0.2, 0.25) is 0 Å². The fourth-order valence-corrected chi connectivity index (χ4v) is 1.94. The molecule has 0 bridgehead atoms. The smallest absolute Gasteiger partial charge is 0.147 e. The van der Waals surface area contributed by atoms with Gasteiger partial charge < -0.3 is 0 Å². The van der Waals surface area contributed by atoms with Gasteiger partial charge in [-0.15, -0.1) is 0 Å². The molecule has 0 aliphatic carbocycles. The van der Waals surface area contributed by atoms with Crippen LogP contribution in [0.5, 0.6) is 0 Å². The van der Waals surface area contributed by atoms with Gasteiger partial charge in [0, 0.05) is 0 Å². The van der Waals surface area contributed by atoms with E-state index in [1.165, 1.54) is 0 Å². The molecule has 0 saturated heterocycles. The molecular formula is C9H19F2P. The summed E-state index contributed by atoms with van der Waals surface area (Å²) in [7, 11) is 0.156. The summed E-state index contributed by atoms with van der Waals surface area (Å²) in [6.45, 7) is 3.99. The van der Waals surface area contributed by atoms with Crippen LogP contribution in [-0.2, 0) is 0 Å². The molecule has 0 radical (unpaired) electrons. The second-order valence-corrected chi connectivity index (χ2v) is 4.47. The molecule has 0 aromatic heterocycles. The summed E-state index contributed by atoms with van der Waals surface area (Å²) < 4.78 is 25.9. The third-order valence-corrected chi connectivity index (χ3v) is 3.28. The lowest BCUT2D eigenvalue weighted by atomic mass is 10.2. The minimum atomic E-state index is -1.21. The molecule has 0 spiro atoms. The topological polar surface area (TPSA) is 0 Å². The summed E-state index contributed by atoms with van der Waals surface area (Å²) in [6.07, 6.45) is 2.72. The minimum Gasteiger partial charge on any atom is -0.244 e. The first-order valence-corrected chi connectivity index (χ1v) is 6.02. The molecule has 0 saturated carbocycles. The van der Waals surface area contributed by atoms with Gasteiger partial charge in [-0.1, -0.05) is 41.7 Å². The number of hydrogen-bond donors (Lipinski definition) is 0. The first-order valence-electron chi connectivity index (χ1n) is 4.73. The number of halogens is 2. The van der Waals surface area contributed by atoms with Crippen LogP contribution in [0.15, 0.2) is 0 Å². The highest BCUT2D eigenvalue weighted by Gasteiger charge is 2.18. The first-order chi connectivity index (χ1) is 5.72. The zero-order valence-corrected chi connectivity index (χ0v) is 8.95. The van der Waals surface area contributed by atoms with E-state index in [1.54, 1.807) is 0 Å². The first kappa shape index (κ1) is 12.3. The van der Waals surface area contributed by atoms with Gasteiger partial charge in [0.05, 0.1) is 0 Å². The van der Waals surface area contributed by atoms with Crippen molar-refractivity contribution in [3.05, 3.63) is 0 Å². The van der Waals surface area contributed by atoms with Crippen LogP contribution < -0.4 is 0 Å².